The number of imidazole rings is 1. The number of rotatable bonds is 0. The maximum absolute atomic E-state index is 12.7. The van der Waals surface area contributed by atoms with E-state index in [1.54, 1.807) is 6.20 Å². The van der Waals surface area contributed by atoms with Crippen LogP contribution in [0.3, 0.4) is 0 Å². The molecule has 1 saturated carbocycles. The van der Waals surface area contributed by atoms with Crippen LogP contribution in [0.2, 0.25) is 0 Å². The quantitative estimate of drug-likeness (QED) is 0.313. The standard InChI is InChI=1S/C27H27N7O/c35-23-7-4-15-2-1-3-17(10-15)20-8-9-29-26-24(20)31-27(32-26)25-21-12-16(5-6-22(21)33-34-25)18-11-19(30-23)14-28-13-18/h1-3,8-11,13-14,16,21-22,25,33-34H,4-7,12H2,(H,30,35)(H,29,31,32). The summed E-state index contributed by atoms with van der Waals surface area (Å²) in [5, 5.41) is 3.07. The molecule has 4 N–H and O–H groups in total. The summed E-state index contributed by atoms with van der Waals surface area (Å²) in [6.45, 7) is 0. The summed E-state index contributed by atoms with van der Waals surface area (Å²) in [4.78, 5) is 30.3. The van der Waals surface area contributed by atoms with Crippen molar-refractivity contribution in [3.8, 4) is 11.1 Å². The van der Waals surface area contributed by atoms with Crippen LogP contribution in [-0.2, 0) is 11.2 Å². The first-order valence-corrected chi connectivity index (χ1v) is 12.4. The second kappa shape index (κ2) is 8.25. The molecule has 2 aliphatic heterocycles. The van der Waals surface area contributed by atoms with Gasteiger partial charge >= 0.3 is 0 Å². The molecule has 4 aromatic rings. The Morgan fingerprint density at radius 3 is 2.94 bits per heavy atom. The fraction of sp³-hybridized carbons (Fsp3) is 0.333. The average molecular weight is 466 g/mol. The predicted octanol–water partition coefficient (Wildman–Crippen LogP) is 4.01. The van der Waals surface area contributed by atoms with Crippen molar-refractivity contribution in [1.29, 1.82) is 0 Å². The number of carbonyl (C=O) groups is 1. The lowest BCUT2D eigenvalue weighted by Gasteiger charge is -2.33. The number of aromatic nitrogens is 4. The summed E-state index contributed by atoms with van der Waals surface area (Å²) < 4.78 is 0. The highest BCUT2D eigenvalue weighted by atomic mass is 16.1. The second-order valence-electron chi connectivity index (χ2n) is 9.98. The highest BCUT2D eigenvalue weighted by Crippen LogP contribution is 2.44. The first kappa shape index (κ1) is 20.7. The smallest absolute Gasteiger partial charge is 0.224 e. The molecule has 5 heterocycles. The SMILES string of the molecule is O=C1CCc2cccc(c2)-c2ccnc3nc([nH]c23)C2NNC3CCC(CC32)c2cncc(c2)N1. The number of benzene rings is 1. The minimum Gasteiger partial charge on any atom is -0.339 e. The van der Waals surface area contributed by atoms with Crippen LogP contribution in [0.4, 0.5) is 5.69 Å². The molecular weight excluding hydrogens is 438 g/mol. The van der Waals surface area contributed by atoms with Gasteiger partial charge in [0.25, 0.3) is 0 Å². The van der Waals surface area contributed by atoms with Gasteiger partial charge in [-0.3, -0.25) is 15.2 Å². The van der Waals surface area contributed by atoms with Crippen molar-refractivity contribution in [3.05, 3.63) is 71.9 Å². The molecule has 3 aliphatic rings. The van der Waals surface area contributed by atoms with Gasteiger partial charge in [0.1, 0.15) is 5.82 Å². The normalized spacial score (nSPS) is 25.8. The van der Waals surface area contributed by atoms with Gasteiger partial charge in [0.05, 0.1) is 23.4 Å². The molecular formula is C27H27N7O. The third-order valence-electron chi connectivity index (χ3n) is 7.85. The Labute approximate surface area is 203 Å². The van der Waals surface area contributed by atoms with Gasteiger partial charge in [-0.1, -0.05) is 24.3 Å². The summed E-state index contributed by atoms with van der Waals surface area (Å²) in [7, 11) is 0. The topological polar surface area (TPSA) is 108 Å². The molecule has 1 amide bonds. The van der Waals surface area contributed by atoms with Crippen LogP contribution >= 0.6 is 0 Å². The number of nitrogens with zero attached hydrogens (tertiary/aromatic N) is 3. The van der Waals surface area contributed by atoms with E-state index in [9.17, 15) is 4.79 Å². The van der Waals surface area contributed by atoms with E-state index in [0.717, 1.165) is 58.6 Å². The second-order valence-corrected chi connectivity index (χ2v) is 9.98. The fourth-order valence-corrected chi connectivity index (χ4v) is 6.07. The lowest BCUT2D eigenvalue weighted by atomic mass is 9.73. The van der Waals surface area contributed by atoms with Gasteiger partial charge in [-0.2, -0.15) is 0 Å². The first-order valence-electron chi connectivity index (χ1n) is 12.4. The number of hydrazine groups is 1. The van der Waals surface area contributed by atoms with Gasteiger partial charge in [0.15, 0.2) is 5.65 Å². The summed E-state index contributed by atoms with van der Waals surface area (Å²) in [6.07, 6.45) is 9.78. The van der Waals surface area contributed by atoms with Crippen molar-refractivity contribution in [3.63, 3.8) is 0 Å². The molecule has 35 heavy (non-hydrogen) atoms. The van der Waals surface area contributed by atoms with Crippen LogP contribution in [-0.4, -0.2) is 31.9 Å². The van der Waals surface area contributed by atoms with Gasteiger partial charge < -0.3 is 10.3 Å². The van der Waals surface area contributed by atoms with E-state index in [4.69, 9.17) is 4.98 Å². The molecule has 8 heteroatoms. The molecule has 4 unspecified atom stereocenters. The molecule has 176 valence electrons. The van der Waals surface area contributed by atoms with E-state index in [0.29, 0.717) is 30.7 Å². The summed E-state index contributed by atoms with van der Waals surface area (Å²) >= 11 is 0. The largest absolute Gasteiger partial charge is 0.339 e. The zero-order valence-electron chi connectivity index (χ0n) is 19.3. The molecule has 8 bridgehead atoms. The number of anilines is 1. The number of hydrogen-bond acceptors (Lipinski definition) is 6. The first-order chi connectivity index (χ1) is 17.2. The van der Waals surface area contributed by atoms with Gasteiger partial charge in [0, 0.05) is 30.4 Å². The molecule has 3 aromatic heterocycles. The van der Waals surface area contributed by atoms with E-state index in [-0.39, 0.29) is 11.9 Å². The number of fused-ring (bicyclic) bond motifs is 9. The Morgan fingerprint density at radius 1 is 1.00 bits per heavy atom. The van der Waals surface area contributed by atoms with Crippen molar-refractivity contribution in [2.45, 2.75) is 50.1 Å². The zero-order valence-corrected chi connectivity index (χ0v) is 19.3. The highest BCUT2D eigenvalue weighted by Gasteiger charge is 2.42. The number of H-pyrrole nitrogens is 1. The number of nitrogens with one attached hydrogen (secondary N) is 4. The predicted molar refractivity (Wildman–Crippen MR) is 133 cm³/mol. The molecule has 8 nitrogen and oxygen atoms in total. The van der Waals surface area contributed by atoms with Crippen molar-refractivity contribution in [1.82, 2.24) is 30.8 Å². The van der Waals surface area contributed by atoms with Gasteiger partial charge in [-0.15, -0.1) is 0 Å². The Kier molecular flexibility index (Phi) is 4.89. The summed E-state index contributed by atoms with van der Waals surface area (Å²) in [6, 6.07) is 13.0. The van der Waals surface area contributed by atoms with Crippen LogP contribution in [0.5, 0.6) is 0 Å². The number of aromatic amines is 1. The number of pyridine rings is 2. The van der Waals surface area contributed by atoms with Crippen molar-refractivity contribution in [2.75, 3.05) is 5.32 Å². The molecule has 0 spiro atoms. The van der Waals surface area contributed by atoms with Gasteiger partial charge in [0.2, 0.25) is 5.91 Å². The molecule has 2 fully saturated rings. The minimum atomic E-state index is 0.00736. The Hall–Kier alpha value is -3.62. The number of amides is 1. The lowest BCUT2D eigenvalue weighted by molar-refractivity contribution is -0.116. The van der Waals surface area contributed by atoms with E-state index in [2.05, 4.69) is 55.4 Å². The third kappa shape index (κ3) is 3.69. The van der Waals surface area contributed by atoms with E-state index >= 15 is 0 Å². The van der Waals surface area contributed by atoms with Crippen LogP contribution in [0, 0.1) is 5.92 Å². The molecule has 4 atom stereocenters. The molecule has 7 rings (SSSR count). The molecule has 0 radical (unpaired) electrons. The Balaban J connectivity index is 1.35. The van der Waals surface area contributed by atoms with Crippen LogP contribution < -0.4 is 16.2 Å². The maximum Gasteiger partial charge on any atom is 0.224 e. The van der Waals surface area contributed by atoms with E-state index in [1.165, 1.54) is 5.56 Å². The number of aryl methyl sites for hydroxylation is 1. The number of hydrogen-bond donors (Lipinski definition) is 4. The minimum absolute atomic E-state index is 0.00736. The monoisotopic (exact) mass is 465 g/mol. The average Bonchev–Trinajstić information content (AvgIpc) is 3.51. The van der Waals surface area contributed by atoms with E-state index < -0.39 is 0 Å². The molecule has 1 aromatic carbocycles. The van der Waals surface area contributed by atoms with Crippen LogP contribution in [0.1, 0.15) is 54.6 Å². The van der Waals surface area contributed by atoms with Crippen LogP contribution in [0.25, 0.3) is 22.3 Å². The summed E-state index contributed by atoms with van der Waals surface area (Å²) in [5.41, 5.74) is 14.0. The van der Waals surface area contributed by atoms with Crippen molar-refractivity contribution >= 4 is 22.8 Å². The Bertz CT molecular complexity index is 1430. The maximum atomic E-state index is 12.7. The molecule has 1 saturated heterocycles. The van der Waals surface area contributed by atoms with Gasteiger partial charge in [-0.05, 0) is 66.3 Å². The lowest BCUT2D eigenvalue weighted by Crippen LogP contribution is -2.34. The van der Waals surface area contributed by atoms with Crippen molar-refractivity contribution < 1.29 is 4.79 Å². The Morgan fingerprint density at radius 2 is 1.97 bits per heavy atom. The number of carbonyl (C=O) groups excluding carboxylic acids is 1. The highest BCUT2D eigenvalue weighted by molar-refractivity contribution is 5.91. The van der Waals surface area contributed by atoms with Gasteiger partial charge in [-0.25, -0.2) is 15.4 Å². The fourth-order valence-electron chi connectivity index (χ4n) is 6.07. The zero-order chi connectivity index (χ0) is 23.4. The van der Waals surface area contributed by atoms with Crippen LogP contribution in [0.15, 0.2) is 55.0 Å². The van der Waals surface area contributed by atoms with E-state index in [1.807, 2.05) is 24.5 Å². The molecule has 1 aliphatic carbocycles. The summed E-state index contributed by atoms with van der Waals surface area (Å²) in [5.74, 6) is 1.71. The van der Waals surface area contributed by atoms with Crippen molar-refractivity contribution in [2.24, 2.45) is 5.92 Å². The third-order valence-corrected chi connectivity index (χ3v) is 7.85.